The van der Waals surface area contributed by atoms with Gasteiger partial charge in [0, 0.05) is 18.8 Å². The van der Waals surface area contributed by atoms with Crippen LogP contribution in [-0.2, 0) is 13.6 Å². The van der Waals surface area contributed by atoms with Crippen molar-refractivity contribution in [1.82, 2.24) is 19.6 Å². The number of aromatic carboxylic acids is 1. The summed E-state index contributed by atoms with van der Waals surface area (Å²) >= 11 is 0. The van der Waals surface area contributed by atoms with Gasteiger partial charge in [-0.05, 0) is 13.8 Å². The summed E-state index contributed by atoms with van der Waals surface area (Å²) in [6.45, 7) is 4.00. The van der Waals surface area contributed by atoms with Gasteiger partial charge in [0.2, 0.25) is 0 Å². The molecule has 6 nitrogen and oxygen atoms in total. The van der Waals surface area contributed by atoms with Crippen molar-refractivity contribution in [3.8, 4) is 0 Å². The van der Waals surface area contributed by atoms with Crippen LogP contribution in [0.25, 0.3) is 0 Å². The Morgan fingerprint density at radius 2 is 2.18 bits per heavy atom. The third-order valence-corrected chi connectivity index (χ3v) is 2.69. The van der Waals surface area contributed by atoms with E-state index < -0.39 is 5.97 Å². The zero-order valence-electron chi connectivity index (χ0n) is 10.0. The molecule has 2 aromatic rings. The average Bonchev–Trinajstić information content (AvgIpc) is 2.73. The van der Waals surface area contributed by atoms with E-state index in [0.717, 1.165) is 5.56 Å². The minimum atomic E-state index is -0.933. The van der Waals surface area contributed by atoms with Gasteiger partial charge in [0.05, 0.1) is 24.1 Å². The van der Waals surface area contributed by atoms with Crippen molar-refractivity contribution in [2.24, 2.45) is 7.05 Å². The highest BCUT2D eigenvalue weighted by Gasteiger charge is 2.17. The quantitative estimate of drug-likeness (QED) is 0.859. The molecule has 0 saturated carbocycles. The molecule has 2 heterocycles. The van der Waals surface area contributed by atoms with Crippen LogP contribution in [0.2, 0.25) is 0 Å². The van der Waals surface area contributed by atoms with Crippen LogP contribution in [0, 0.1) is 13.8 Å². The van der Waals surface area contributed by atoms with Crippen molar-refractivity contribution in [2.45, 2.75) is 20.4 Å². The summed E-state index contributed by atoms with van der Waals surface area (Å²) in [5.41, 5.74) is 2.49. The minimum absolute atomic E-state index is 0.286. The van der Waals surface area contributed by atoms with Crippen molar-refractivity contribution in [3.05, 3.63) is 34.9 Å². The van der Waals surface area contributed by atoms with Crippen LogP contribution < -0.4 is 0 Å². The highest BCUT2D eigenvalue weighted by molar-refractivity contribution is 5.90. The van der Waals surface area contributed by atoms with Crippen molar-refractivity contribution in [1.29, 1.82) is 0 Å². The number of nitrogens with zero attached hydrogens (tertiary/aromatic N) is 4. The number of carboxylic acids is 1. The number of carbonyl (C=O) groups is 1. The molecule has 0 aromatic carbocycles. The zero-order valence-corrected chi connectivity index (χ0v) is 10.0. The van der Waals surface area contributed by atoms with Gasteiger partial charge in [-0.1, -0.05) is 0 Å². The van der Waals surface area contributed by atoms with E-state index in [1.807, 2.05) is 13.2 Å². The van der Waals surface area contributed by atoms with Crippen molar-refractivity contribution < 1.29 is 9.90 Å². The summed E-state index contributed by atoms with van der Waals surface area (Å²) in [6.07, 6.45) is 3.63. The van der Waals surface area contributed by atoms with E-state index in [4.69, 9.17) is 5.11 Å². The molecule has 0 saturated heterocycles. The first-order chi connectivity index (χ1) is 7.99. The smallest absolute Gasteiger partial charge is 0.339 e. The molecule has 0 bridgehead atoms. The zero-order chi connectivity index (χ0) is 12.6. The lowest BCUT2D eigenvalue weighted by molar-refractivity contribution is 0.0695. The van der Waals surface area contributed by atoms with Gasteiger partial charge in [-0.25, -0.2) is 4.79 Å². The van der Waals surface area contributed by atoms with Crippen LogP contribution in [0.15, 0.2) is 12.4 Å². The Hall–Kier alpha value is -2.11. The van der Waals surface area contributed by atoms with Gasteiger partial charge in [-0.2, -0.15) is 10.2 Å². The van der Waals surface area contributed by atoms with E-state index >= 15 is 0 Å². The number of aryl methyl sites for hydroxylation is 2. The number of rotatable bonds is 3. The van der Waals surface area contributed by atoms with E-state index in [9.17, 15) is 4.79 Å². The molecule has 6 heteroatoms. The molecular weight excluding hydrogens is 220 g/mol. The topological polar surface area (TPSA) is 72.9 Å². The summed E-state index contributed by atoms with van der Waals surface area (Å²) in [7, 11) is 1.84. The Labute approximate surface area is 98.5 Å². The van der Waals surface area contributed by atoms with Gasteiger partial charge >= 0.3 is 5.97 Å². The largest absolute Gasteiger partial charge is 0.478 e. The highest BCUT2D eigenvalue weighted by atomic mass is 16.4. The van der Waals surface area contributed by atoms with E-state index in [1.165, 1.54) is 0 Å². The molecule has 0 aliphatic carbocycles. The number of aromatic nitrogens is 4. The second-order valence-corrected chi connectivity index (χ2v) is 4.03. The maximum atomic E-state index is 11.0. The fourth-order valence-electron chi connectivity index (χ4n) is 1.89. The predicted molar refractivity (Wildman–Crippen MR) is 61.0 cm³/mol. The van der Waals surface area contributed by atoms with Gasteiger partial charge in [0.15, 0.2) is 0 Å². The third kappa shape index (κ3) is 2.06. The minimum Gasteiger partial charge on any atom is -0.478 e. The Kier molecular flexibility index (Phi) is 2.71. The van der Waals surface area contributed by atoms with Crippen LogP contribution >= 0.6 is 0 Å². The van der Waals surface area contributed by atoms with E-state index in [0.29, 0.717) is 17.9 Å². The number of carboxylic acid groups (broad SMARTS) is 1. The molecule has 0 fully saturated rings. The summed E-state index contributed by atoms with van der Waals surface area (Å²) in [5.74, 6) is -0.933. The Balaban J connectivity index is 2.34. The Bertz CT molecular complexity index is 568. The first-order valence-corrected chi connectivity index (χ1v) is 5.24. The monoisotopic (exact) mass is 234 g/mol. The maximum Gasteiger partial charge on any atom is 0.339 e. The highest BCUT2D eigenvalue weighted by Crippen LogP contribution is 2.14. The van der Waals surface area contributed by atoms with E-state index in [2.05, 4.69) is 10.2 Å². The normalized spacial score (nSPS) is 10.8. The van der Waals surface area contributed by atoms with Crippen molar-refractivity contribution in [3.63, 3.8) is 0 Å². The maximum absolute atomic E-state index is 11.0. The average molecular weight is 234 g/mol. The fourth-order valence-corrected chi connectivity index (χ4v) is 1.89. The van der Waals surface area contributed by atoms with Crippen LogP contribution in [0.3, 0.4) is 0 Å². The standard InChI is InChI=1S/C11H14N4O2/c1-7-10(11(16)17)8(2)15(13-7)6-9-4-12-14(3)5-9/h4-5H,6H2,1-3H3,(H,16,17). The molecule has 0 amide bonds. The summed E-state index contributed by atoms with van der Waals surface area (Å²) < 4.78 is 3.40. The lowest BCUT2D eigenvalue weighted by Gasteiger charge is -2.01. The molecule has 17 heavy (non-hydrogen) atoms. The molecule has 0 atom stereocenters. The molecule has 0 spiro atoms. The predicted octanol–water partition coefficient (Wildman–Crippen LogP) is 0.980. The lowest BCUT2D eigenvalue weighted by Crippen LogP contribution is -2.05. The van der Waals surface area contributed by atoms with Gasteiger partial charge in [0.25, 0.3) is 0 Å². The fraction of sp³-hybridized carbons (Fsp3) is 0.364. The second kappa shape index (κ2) is 4.04. The van der Waals surface area contributed by atoms with Crippen LogP contribution in [0.4, 0.5) is 0 Å². The molecule has 0 radical (unpaired) electrons. The van der Waals surface area contributed by atoms with Crippen LogP contribution in [0.5, 0.6) is 0 Å². The molecule has 0 aliphatic rings. The third-order valence-electron chi connectivity index (χ3n) is 2.69. The lowest BCUT2D eigenvalue weighted by atomic mass is 10.2. The molecule has 2 aromatic heterocycles. The molecule has 1 N–H and O–H groups in total. The molecule has 0 aliphatic heterocycles. The molecular formula is C11H14N4O2. The van der Waals surface area contributed by atoms with Gasteiger partial charge in [-0.15, -0.1) is 0 Å². The molecule has 0 unspecified atom stereocenters. The van der Waals surface area contributed by atoms with Crippen molar-refractivity contribution in [2.75, 3.05) is 0 Å². The molecule has 90 valence electrons. The first kappa shape index (κ1) is 11.4. The van der Waals surface area contributed by atoms with Crippen LogP contribution in [-0.4, -0.2) is 30.6 Å². The van der Waals surface area contributed by atoms with Crippen LogP contribution in [0.1, 0.15) is 27.3 Å². The SMILES string of the molecule is Cc1nn(Cc2cnn(C)c2)c(C)c1C(=O)O. The second-order valence-electron chi connectivity index (χ2n) is 4.03. The summed E-state index contributed by atoms with van der Waals surface area (Å²) in [4.78, 5) is 11.0. The van der Waals surface area contributed by atoms with Gasteiger partial charge in [0.1, 0.15) is 5.56 Å². The van der Waals surface area contributed by atoms with Gasteiger partial charge < -0.3 is 5.11 Å². The number of hydrogen-bond acceptors (Lipinski definition) is 3. The van der Waals surface area contributed by atoms with E-state index in [1.54, 1.807) is 29.4 Å². The summed E-state index contributed by atoms with van der Waals surface area (Å²) in [5, 5.41) is 17.4. The van der Waals surface area contributed by atoms with E-state index in [-0.39, 0.29) is 5.56 Å². The Morgan fingerprint density at radius 3 is 2.65 bits per heavy atom. The summed E-state index contributed by atoms with van der Waals surface area (Å²) in [6, 6.07) is 0. The van der Waals surface area contributed by atoms with Crippen molar-refractivity contribution >= 4 is 5.97 Å². The van der Waals surface area contributed by atoms with Gasteiger partial charge in [-0.3, -0.25) is 9.36 Å². The number of hydrogen-bond donors (Lipinski definition) is 1. The Morgan fingerprint density at radius 1 is 1.47 bits per heavy atom. The molecule has 2 rings (SSSR count). The first-order valence-electron chi connectivity index (χ1n) is 5.24.